The van der Waals surface area contributed by atoms with Crippen molar-refractivity contribution in [1.82, 2.24) is 26.2 Å². The van der Waals surface area contributed by atoms with Gasteiger partial charge in [0.05, 0.1) is 6.04 Å². The number of likely N-dealkylation sites (tertiary alicyclic amines) is 1. The van der Waals surface area contributed by atoms with E-state index in [1.54, 1.807) is 55.4 Å². The zero-order valence-corrected chi connectivity index (χ0v) is 29.0. The Morgan fingerprint density at radius 2 is 1.60 bits per heavy atom. The number of nitrogens with zero attached hydrogens (tertiary/aromatic N) is 1. The third-order valence-electron chi connectivity index (χ3n) is 8.60. The van der Waals surface area contributed by atoms with Crippen LogP contribution in [0, 0.1) is 28.6 Å². The first-order valence-corrected chi connectivity index (χ1v) is 15.9. The highest BCUT2D eigenvalue weighted by molar-refractivity contribution is 6.38. The predicted molar refractivity (Wildman–Crippen MR) is 171 cm³/mol. The van der Waals surface area contributed by atoms with Crippen LogP contribution in [-0.4, -0.2) is 83.3 Å². The van der Waals surface area contributed by atoms with E-state index in [4.69, 9.17) is 4.74 Å². The monoisotopic (exact) mass is 633 g/mol. The first-order chi connectivity index (χ1) is 20.6. The fourth-order valence-electron chi connectivity index (χ4n) is 6.03. The molecule has 1 saturated heterocycles. The number of urea groups is 1. The van der Waals surface area contributed by atoms with Crippen molar-refractivity contribution in [2.45, 2.75) is 119 Å². The number of fused-ring (bicyclic) bond motifs is 1. The molecule has 1 unspecified atom stereocenters. The summed E-state index contributed by atoms with van der Waals surface area (Å²) in [6.07, 6.45) is 2.25. The number of amides is 5. The number of esters is 1. The Labute approximate surface area is 268 Å². The fraction of sp³-hybridized carbons (Fsp3) is 0.758. The van der Waals surface area contributed by atoms with E-state index in [0.29, 0.717) is 13.0 Å². The van der Waals surface area contributed by atoms with Crippen molar-refractivity contribution in [3.05, 3.63) is 12.7 Å². The van der Waals surface area contributed by atoms with E-state index in [1.165, 1.54) is 11.0 Å². The molecule has 0 spiro atoms. The van der Waals surface area contributed by atoms with Gasteiger partial charge in [-0.15, -0.1) is 6.58 Å². The average molecular weight is 634 g/mol. The van der Waals surface area contributed by atoms with Gasteiger partial charge in [-0.1, -0.05) is 67.9 Å². The number of hydrogen-bond acceptors (Lipinski definition) is 7. The Morgan fingerprint density at radius 1 is 1.00 bits per heavy atom. The Balaban J connectivity index is 2.31. The molecule has 2 aliphatic rings. The average Bonchev–Trinajstić information content (AvgIpc) is 3.22. The van der Waals surface area contributed by atoms with E-state index in [2.05, 4.69) is 27.8 Å². The van der Waals surface area contributed by atoms with Gasteiger partial charge in [-0.3, -0.25) is 19.2 Å². The molecule has 4 N–H and O–H groups in total. The van der Waals surface area contributed by atoms with Gasteiger partial charge in [0.15, 0.2) is 0 Å². The summed E-state index contributed by atoms with van der Waals surface area (Å²) in [5.74, 6) is -3.49. The molecule has 5 amide bonds. The SMILES string of the molecule is C=CCNC(=O)C(=O)C(CCC)NC(=O)[C@@H]1[C@@H]2[C@H](CN1C(=O)[C@@H](NC(=O)N[C@H](C(=O)OC(C)(C)C)C(C)C)C(C)(C)C)C2(C)C. The van der Waals surface area contributed by atoms with Crippen LogP contribution in [0.4, 0.5) is 4.79 Å². The van der Waals surface area contributed by atoms with Crippen LogP contribution in [-0.2, 0) is 28.7 Å². The molecule has 45 heavy (non-hydrogen) atoms. The third-order valence-corrected chi connectivity index (χ3v) is 8.60. The molecular weight excluding hydrogens is 578 g/mol. The Bertz CT molecular complexity index is 1170. The summed E-state index contributed by atoms with van der Waals surface area (Å²) in [4.78, 5) is 81.0. The van der Waals surface area contributed by atoms with E-state index >= 15 is 0 Å². The summed E-state index contributed by atoms with van der Waals surface area (Å²) in [7, 11) is 0. The van der Waals surface area contributed by atoms with Crippen LogP contribution < -0.4 is 21.3 Å². The van der Waals surface area contributed by atoms with Crippen molar-refractivity contribution in [2.75, 3.05) is 13.1 Å². The standard InChI is InChI=1S/C33H55N5O7/c1-13-15-20(24(39)27(41)34-16-14-2)35-26(40)23-21-19(33(21,11)12)17-38(23)28(42)25(31(5,6)7)37-30(44)36-22(18(3)4)29(43)45-32(8,9)10/h14,18-23,25H,2,13,15-17H2,1,3-12H3,(H,34,41)(H,35,40)(H2,36,37,44)/t19-,20?,21-,22-,23-,25+/m0/s1. The minimum atomic E-state index is -1.05. The van der Waals surface area contributed by atoms with E-state index < -0.39 is 70.7 Å². The van der Waals surface area contributed by atoms with Crippen LogP contribution in [0.5, 0.6) is 0 Å². The summed E-state index contributed by atoms with van der Waals surface area (Å²) in [6.45, 7) is 24.1. The highest BCUT2D eigenvalue weighted by Gasteiger charge is 2.70. The molecule has 1 aliphatic heterocycles. The molecule has 6 atom stereocenters. The summed E-state index contributed by atoms with van der Waals surface area (Å²) in [6, 6.07) is -4.64. The van der Waals surface area contributed by atoms with Gasteiger partial charge in [0.25, 0.3) is 5.91 Å². The number of carbonyl (C=O) groups is 6. The zero-order chi connectivity index (χ0) is 34.7. The number of Topliss-reactive ketones (excluding diaryl/α,β-unsaturated/α-hetero) is 1. The second-order valence-corrected chi connectivity index (χ2v) is 15.3. The fourth-order valence-corrected chi connectivity index (χ4v) is 6.03. The predicted octanol–water partition coefficient (Wildman–Crippen LogP) is 2.71. The molecule has 1 aliphatic carbocycles. The molecule has 12 heteroatoms. The van der Waals surface area contributed by atoms with Crippen LogP contribution in [0.25, 0.3) is 0 Å². The van der Waals surface area contributed by atoms with Gasteiger partial charge in [-0.2, -0.15) is 0 Å². The van der Waals surface area contributed by atoms with Gasteiger partial charge in [0.1, 0.15) is 23.7 Å². The molecule has 2 rings (SSSR count). The van der Waals surface area contributed by atoms with Gasteiger partial charge in [0.2, 0.25) is 17.6 Å². The third kappa shape index (κ3) is 9.29. The maximum Gasteiger partial charge on any atom is 0.329 e. The van der Waals surface area contributed by atoms with E-state index in [9.17, 15) is 28.8 Å². The topological polar surface area (TPSA) is 163 Å². The van der Waals surface area contributed by atoms with E-state index in [1.807, 2.05) is 20.8 Å². The Kier molecular flexibility index (Phi) is 12.0. The van der Waals surface area contributed by atoms with Crippen molar-refractivity contribution in [3.8, 4) is 0 Å². The smallest absolute Gasteiger partial charge is 0.329 e. The second kappa shape index (κ2) is 14.3. The Morgan fingerprint density at radius 3 is 2.09 bits per heavy atom. The first-order valence-electron chi connectivity index (χ1n) is 15.9. The van der Waals surface area contributed by atoms with Crippen LogP contribution in [0.15, 0.2) is 12.7 Å². The van der Waals surface area contributed by atoms with Crippen LogP contribution in [0.1, 0.15) is 89.0 Å². The molecule has 254 valence electrons. The number of carbonyl (C=O) groups excluding carboxylic acids is 6. The molecule has 0 radical (unpaired) electrons. The summed E-state index contributed by atoms with van der Waals surface area (Å²) in [5, 5.41) is 10.7. The number of ether oxygens (including phenoxy) is 1. The molecule has 0 aromatic carbocycles. The number of piperidine rings is 1. The lowest BCUT2D eigenvalue weighted by Crippen LogP contribution is -2.62. The molecule has 0 aromatic rings. The maximum absolute atomic E-state index is 14.2. The van der Waals surface area contributed by atoms with Crippen LogP contribution in [0.3, 0.4) is 0 Å². The second-order valence-electron chi connectivity index (χ2n) is 15.3. The molecule has 0 bridgehead atoms. The van der Waals surface area contributed by atoms with Crippen LogP contribution >= 0.6 is 0 Å². The highest BCUT2D eigenvalue weighted by atomic mass is 16.6. The van der Waals surface area contributed by atoms with Crippen molar-refractivity contribution >= 4 is 35.5 Å². The van der Waals surface area contributed by atoms with Gasteiger partial charge in [-0.05, 0) is 55.8 Å². The number of hydrogen-bond donors (Lipinski definition) is 4. The van der Waals surface area contributed by atoms with Gasteiger partial charge >= 0.3 is 12.0 Å². The Hall–Kier alpha value is -3.44. The molecule has 1 saturated carbocycles. The van der Waals surface area contributed by atoms with Crippen molar-refractivity contribution in [1.29, 1.82) is 0 Å². The number of ketones is 1. The number of nitrogens with one attached hydrogen (secondary N) is 4. The zero-order valence-electron chi connectivity index (χ0n) is 29.0. The largest absolute Gasteiger partial charge is 0.458 e. The first kappa shape index (κ1) is 37.7. The van der Waals surface area contributed by atoms with Crippen molar-refractivity contribution in [2.24, 2.45) is 28.6 Å². The van der Waals surface area contributed by atoms with Crippen molar-refractivity contribution < 1.29 is 33.5 Å². The van der Waals surface area contributed by atoms with Crippen LogP contribution in [0.2, 0.25) is 0 Å². The van der Waals surface area contributed by atoms with Gasteiger partial charge in [0, 0.05) is 13.1 Å². The normalized spacial score (nSPS) is 22.3. The lowest BCUT2D eigenvalue weighted by Gasteiger charge is -2.38. The van der Waals surface area contributed by atoms with Gasteiger partial charge in [-0.25, -0.2) is 9.59 Å². The summed E-state index contributed by atoms with van der Waals surface area (Å²) >= 11 is 0. The molecule has 0 aromatic heterocycles. The van der Waals surface area contributed by atoms with E-state index in [-0.39, 0.29) is 36.1 Å². The lowest BCUT2D eigenvalue weighted by atomic mass is 9.85. The maximum atomic E-state index is 14.2. The summed E-state index contributed by atoms with van der Waals surface area (Å²) < 4.78 is 5.48. The summed E-state index contributed by atoms with van der Waals surface area (Å²) in [5.41, 5.74) is -1.71. The van der Waals surface area contributed by atoms with Crippen molar-refractivity contribution in [3.63, 3.8) is 0 Å². The van der Waals surface area contributed by atoms with E-state index in [0.717, 1.165) is 0 Å². The lowest BCUT2D eigenvalue weighted by molar-refractivity contribution is -0.158. The van der Waals surface area contributed by atoms with Gasteiger partial charge < -0.3 is 30.9 Å². The molecule has 12 nitrogen and oxygen atoms in total. The molecular formula is C33H55N5O7. The number of rotatable bonds is 13. The minimum absolute atomic E-state index is 0.0559. The quantitative estimate of drug-likeness (QED) is 0.138. The molecule has 2 fully saturated rings. The molecule has 1 heterocycles. The minimum Gasteiger partial charge on any atom is -0.458 e. The highest BCUT2D eigenvalue weighted by Crippen LogP contribution is 2.65.